The quantitative estimate of drug-likeness (QED) is 0.643. The van der Waals surface area contributed by atoms with Crippen LogP contribution in [0, 0.1) is 0 Å². The molecule has 0 aromatic carbocycles. The zero-order chi connectivity index (χ0) is 10.1. The van der Waals surface area contributed by atoms with Gasteiger partial charge in [0, 0.05) is 18.6 Å². The lowest BCUT2D eigenvalue weighted by Gasteiger charge is -2.47. The molecule has 1 fully saturated rings. The van der Waals surface area contributed by atoms with Crippen LogP contribution < -0.4 is 5.73 Å². The Labute approximate surface area is 81.6 Å². The zero-order valence-electron chi connectivity index (χ0n) is 8.36. The molecular weight excluding hydrogens is 188 g/mol. The van der Waals surface area contributed by atoms with Crippen molar-refractivity contribution in [2.75, 3.05) is 18.8 Å². The third kappa shape index (κ3) is 2.82. The zero-order valence-corrected chi connectivity index (χ0v) is 9.18. The van der Waals surface area contributed by atoms with Gasteiger partial charge in [0.2, 0.25) is 0 Å². The number of rotatable bonds is 2. The Morgan fingerprint density at radius 2 is 1.85 bits per heavy atom. The summed E-state index contributed by atoms with van der Waals surface area (Å²) in [4.78, 5) is 0. The molecule has 0 saturated carbocycles. The second-order valence-corrected chi connectivity index (χ2v) is 6.36. The van der Waals surface area contributed by atoms with Gasteiger partial charge < -0.3 is 5.73 Å². The van der Waals surface area contributed by atoms with E-state index >= 15 is 0 Å². The van der Waals surface area contributed by atoms with Crippen LogP contribution in [0.5, 0.6) is 0 Å². The molecule has 0 aliphatic carbocycles. The number of nitrogens with two attached hydrogens (primary N) is 1. The molecule has 1 heterocycles. The molecule has 5 heteroatoms. The third-order valence-electron chi connectivity index (χ3n) is 2.67. The molecule has 4 N–H and O–H groups in total. The highest BCUT2D eigenvalue weighted by Crippen LogP contribution is 2.44. The largest absolute Gasteiger partial charge is 0.325 e. The molecule has 0 amide bonds. The molecule has 0 atom stereocenters. The molecule has 0 aromatic rings. The van der Waals surface area contributed by atoms with Gasteiger partial charge in [0.15, 0.2) is 0 Å². The summed E-state index contributed by atoms with van der Waals surface area (Å²) in [6.07, 6.45) is 1.67. The number of hydrogen-bond acceptors (Lipinski definition) is 4. The Kier molecular flexibility index (Phi) is 3.24. The number of piperidine rings is 1. The van der Waals surface area contributed by atoms with Gasteiger partial charge in [-0.05, 0) is 26.7 Å². The van der Waals surface area contributed by atoms with Gasteiger partial charge in [-0.3, -0.25) is 9.11 Å². The molecule has 4 nitrogen and oxygen atoms in total. The normalized spacial score (nSPS) is 25.9. The Hall–Kier alpha value is 0.190. The van der Waals surface area contributed by atoms with Crippen LogP contribution in [0.3, 0.4) is 0 Å². The van der Waals surface area contributed by atoms with Gasteiger partial charge in [0.1, 0.15) is 0 Å². The summed E-state index contributed by atoms with van der Waals surface area (Å²) in [5, 5.41) is 0. The Morgan fingerprint density at radius 1 is 1.38 bits per heavy atom. The van der Waals surface area contributed by atoms with Gasteiger partial charge in [-0.1, -0.05) is 0 Å². The second kappa shape index (κ2) is 3.74. The minimum Gasteiger partial charge on any atom is -0.325 e. The van der Waals surface area contributed by atoms with E-state index in [0.29, 0.717) is 18.8 Å². The van der Waals surface area contributed by atoms with Crippen LogP contribution in [-0.4, -0.2) is 37.8 Å². The van der Waals surface area contributed by atoms with E-state index in [-0.39, 0.29) is 5.54 Å². The minimum absolute atomic E-state index is 0.125. The second-order valence-electron chi connectivity index (χ2n) is 4.00. The van der Waals surface area contributed by atoms with Crippen LogP contribution >= 0.6 is 10.8 Å². The van der Waals surface area contributed by atoms with Crippen LogP contribution in [0.1, 0.15) is 26.7 Å². The fraction of sp³-hybridized carbons (Fsp3) is 1.00. The Morgan fingerprint density at radius 3 is 2.23 bits per heavy atom. The van der Waals surface area contributed by atoms with Crippen LogP contribution in [0.2, 0.25) is 0 Å². The number of hydrogen-bond donors (Lipinski definition) is 3. The van der Waals surface area contributed by atoms with Crippen molar-refractivity contribution in [3.8, 4) is 0 Å². The van der Waals surface area contributed by atoms with Gasteiger partial charge >= 0.3 is 0 Å². The van der Waals surface area contributed by atoms with Crippen molar-refractivity contribution in [1.29, 1.82) is 0 Å². The predicted octanol–water partition coefficient (Wildman–Crippen LogP) is 1.49. The van der Waals surface area contributed by atoms with Crippen LogP contribution in [0.15, 0.2) is 0 Å². The first-order chi connectivity index (χ1) is 5.87. The first kappa shape index (κ1) is 11.3. The highest BCUT2D eigenvalue weighted by molar-refractivity contribution is 8.22. The van der Waals surface area contributed by atoms with Crippen molar-refractivity contribution in [1.82, 2.24) is 4.31 Å². The minimum atomic E-state index is -2.49. The average Bonchev–Trinajstić information content (AvgIpc) is 2.04. The summed E-state index contributed by atoms with van der Waals surface area (Å²) in [5.41, 5.74) is 5.82. The Bertz CT molecular complexity index is 175. The summed E-state index contributed by atoms with van der Waals surface area (Å²) in [6.45, 7) is 5.21. The molecule has 0 spiro atoms. The molecule has 1 saturated heterocycles. The molecule has 1 rings (SSSR count). The van der Waals surface area contributed by atoms with Crippen molar-refractivity contribution >= 4 is 10.8 Å². The Balaban J connectivity index is 2.50. The first-order valence-corrected chi connectivity index (χ1v) is 6.34. The van der Waals surface area contributed by atoms with E-state index in [1.165, 1.54) is 0 Å². The molecule has 0 unspecified atom stereocenters. The lowest BCUT2D eigenvalue weighted by atomic mass is 9.92. The fourth-order valence-electron chi connectivity index (χ4n) is 1.47. The first-order valence-electron chi connectivity index (χ1n) is 4.67. The van der Waals surface area contributed by atoms with Crippen molar-refractivity contribution in [2.45, 2.75) is 32.2 Å². The van der Waals surface area contributed by atoms with Crippen LogP contribution in [-0.2, 0) is 0 Å². The van der Waals surface area contributed by atoms with Crippen molar-refractivity contribution < 1.29 is 9.11 Å². The van der Waals surface area contributed by atoms with E-state index < -0.39 is 10.8 Å². The third-order valence-corrected chi connectivity index (χ3v) is 4.63. The molecule has 1 aliphatic heterocycles. The lowest BCUT2D eigenvalue weighted by molar-refractivity contribution is 0.234. The molecule has 1 aliphatic rings. The monoisotopic (exact) mass is 208 g/mol. The average molecular weight is 208 g/mol. The van der Waals surface area contributed by atoms with E-state index in [0.717, 1.165) is 12.8 Å². The van der Waals surface area contributed by atoms with Crippen molar-refractivity contribution in [2.24, 2.45) is 5.73 Å². The van der Waals surface area contributed by atoms with Crippen molar-refractivity contribution in [3.63, 3.8) is 0 Å². The smallest absolute Gasteiger partial charge is 0.0502 e. The highest BCUT2D eigenvalue weighted by atomic mass is 32.3. The van der Waals surface area contributed by atoms with E-state index in [1.807, 2.05) is 6.92 Å². The molecule has 0 aromatic heterocycles. The fourth-order valence-corrected chi connectivity index (χ4v) is 2.60. The summed E-state index contributed by atoms with van der Waals surface area (Å²) >= 11 is 0. The standard InChI is InChI=1S/C8H20N2O2S/c1-3-13(11,12)10-6-4-8(2,9)5-7-10/h11-12H,3-7,9H2,1-2H3. The van der Waals surface area contributed by atoms with Gasteiger partial charge in [-0.2, -0.15) is 0 Å². The maximum atomic E-state index is 9.64. The lowest BCUT2D eigenvalue weighted by Crippen LogP contribution is -2.48. The molecule has 80 valence electrons. The van der Waals surface area contributed by atoms with Gasteiger partial charge in [0.05, 0.1) is 5.75 Å². The van der Waals surface area contributed by atoms with Gasteiger partial charge in [-0.25, -0.2) is 4.31 Å². The SMILES string of the molecule is CCS(O)(O)N1CCC(C)(N)CC1. The van der Waals surface area contributed by atoms with E-state index in [9.17, 15) is 9.11 Å². The summed E-state index contributed by atoms with van der Waals surface area (Å²) < 4.78 is 21.0. The van der Waals surface area contributed by atoms with Crippen LogP contribution in [0.4, 0.5) is 0 Å². The molecular formula is C8H20N2O2S. The number of nitrogens with zero attached hydrogens (tertiary/aromatic N) is 1. The molecule has 0 bridgehead atoms. The predicted molar refractivity (Wildman–Crippen MR) is 56.8 cm³/mol. The summed E-state index contributed by atoms with van der Waals surface area (Å²) in [7, 11) is -2.49. The van der Waals surface area contributed by atoms with Crippen LogP contribution in [0.25, 0.3) is 0 Å². The topological polar surface area (TPSA) is 69.7 Å². The maximum absolute atomic E-state index is 9.64. The van der Waals surface area contributed by atoms with Crippen molar-refractivity contribution in [3.05, 3.63) is 0 Å². The van der Waals surface area contributed by atoms with E-state index in [1.54, 1.807) is 11.2 Å². The van der Waals surface area contributed by atoms with Gasteiger partial charge in [-0.15, -0.1) is 10.8 Å². The highest BCUT2D eigenvalue weighted by Gasteiger charge is 2.31. The van der Waals surface area contributed by atoms with E-state index in [2.05, 4.69) is 0 Å². The van der Waals surface area contributed by atoms with Gasteiger partial charge in [0.25, 0.3) is 0 Å². The van der Waals surface area contributed by atoms with E-state index in [4.69, 9.17) is 5.73 Å². The summed E-state index contributed by atoms with van der Waals surface area (Å²) in [6, 6.07) is 0. The summed E-state index contributed by atoms with van der Waals surface area (Å²) in [5.74, 6) is 0.411. The molecule has 0 radical (unpaired) electrons. The maximum Gasteiger partial charge on any atom is 0.0502 e. The molecule has 13 heavy (non-hydrogen) atoms.